The molecule has 0 unspecified atom stereocenters. The summed E-state index contributed by atoms with van der Waals surface area (Å²) in [5.74, 6) is 0.393. The third-order valence-electron chi connectivity index (χ3n) is 3.45. The highest BCUT2D eigenvalue weighted by atomic mass is 35.5. The number of nitrogens with zero attached hydrogens (tertiary/aromatic N) is 3. The molecule has 0 bridgehead atoms. The Morgan fingerprint density at radius 3 is 2.43 bits per heavy atom. The smallest absolute Gasteiger partial charge is 0.154 e. The van der Waals surface area contributed by atoms with Crippen LogP contribution in [0.3, 0.4) is 0 Å². The summed E-state index contributed by atoms with van der Waals surface area (Å²) in [4.78, 5) is 2.36. The van der Waals surface area contributed by atoms with Gasteiger partial charge < -0.3 is 16.0 Å². The Bertz CT molecular complexity index is 597. The molecular weight excluding hydrogens is 309 g/mol. The Balaban J connectivity index is 0.00000161. The van der Waals surface area contributed by atoms with Gasteiger partial charge in [-0.3, -0.25) is 0 Å². The first-order valence-electron chi connectivity index (χ1n) is 6.59. The lowest BCUT2D eigenvalue weighted by atomic mass is 10.1. The van der Waals surface area contributed by atoms with Crippen molar-refractivity contribution in [2.75, 3.05) is 36.8 Å². The number of piperazine rings is 1. The number of rotatable bonds is 2. The van der Waals surface area contributed by atoms with Gasteiger partial charge in [0.05, 0.1) is 0 Å². The fraction of sp³-hybridized carbons (Fsp3) is 0.286. The third kappa shape index (κ3) is 3.56. The average molecular weight is 326 g/mol. The van der Waals surface area contributed by atoms with Crippen LogP contribution in [0.1, 0.15) is 0 Å². The maximum atomic E-state index is 5.88. The molecule has 0 atom stereocenters. The third-order valence-corrected chi connectivity index (χ3v) is 3.64. The number of benzene rings is 1. The fourth-order valence-electron chi connectivity index (χ4n) is 2.38. The summed E-state index contributed by atoms with van der Waals surface area (Å²) >= 11 is 5.88. The number of nitrogens with one attached hydrogen (secondary N) is 1. The van der Waals surface area contributed by atoms with Gasteiger partial charge in [-0.1, -0.05) is 23.7 Å². The standard InChI is InChI=1S/C14H16ClN5.ClH/c15-13-9-12(14(16)19-18-13)10-1-3-11(4-2-10)20-7-5-17-6-8-20;/h1-4,9,17H,5-8H2,(H2,16,19);1H. The number of hydrogen-bond donors (Lipinski definition) is 2. The monoisotopic (exact) mass is 325 g/mol. The Morgan fingerprint density at radius 2 is 1.76 bits per heavy atom. The lowest BCUT2D eigenvalue weighted by Crippen LogP contribution is -2.43. The summed E-state index contributed by atoms with van der Waals surface area (Å²) in [6.07, 6.45) is 0. The number of anilines is 2. The van der Waals surface area contributed by atoms with E-state index in [2.05, 4.69) is 32.5 Å². The van der Waals surface area contributed by atoms with Crippen LogP contribution in [0.5, 0.6) is 0 Å². The summed E-state index contributed by atoms with van der Waals surface area (Å²) in [6.45, 7) is 4.12. The van der Waals surface area contributed by atoms with Crippen molar-refractivity contribution >= 4 is 35.5 Å². The average Bonchev–Trinajstić information content (AvgIpc) is 2.51. The van der Waals surface area contributed by atoms with Crippen molar-refractivity contribution in [1.29, 1.82) is 0 Å². The van der Waals surface area contributed by atoms with E-state index >= 15 is 0 Å². The van der Waals surface area contributed by atoms with Crippen LogP contribution in [-0.2, 0) is 0 Å². The Morgan fingerprint density at radius 1 is 1.10 bits per heavy atom. The number of aromatic nitrogens is 2. The summed E-state index contributed by atoms with van der Waals surface area (Å²) in [6, 6.07) is 10.0. The van der Waals surface area contributed by atoms with E-state index < -0.39 is 0 Å². The fourth-order valence-corrected chi connectivity index (χ4v) is 2.53. The van der Waals surface area contributed by atoms with Gasteiger partial charge in [-0.2, -0.15) is 0 Å². The highest BCUT2D eigenvalue weighted by molar-refractivity contribution is 6.29. The van der Waals surface area contributed by atoms with Gasteiger partial charge in [0.2, 0.25) is 0 Å². The molecule has 0 radical (unpaired) electrons. The van der Waals surface area contributed by atoms with Crippen molar-refractivity contribution in [3.05, 3.63) is 35.5 Å². The molecule has 0 aliphatic carbocycles. The van der Waals surface area contributed by atoms with Crippen LogP contribution in [0, 0.1) is 0 Å². The van der Waals surface area contributed by atoms with Crippen LogP contribution < -0.4 is 16.0 Å². The van der Waals surface area contributed by atoms with Crippen molar-refractivity contribution in [1.82, 2.24) is 15.5 Å². The van der Waals surface area contributed by atoms with Gasteiger partial charge in [-0.25, -0.2) is 0 Å². The highest BCUT2D eigenvalue weighted by Crippen LogP contribution is 2.27. The number of nitrogens with two attached hydrogens (primary N) is 1. The van der Waals surface area contributed by atoms with E-state index in [-0.39, 0.29) is 12.4 Å². The van der Waals surface area contributed by atoms with E-state index in [1.54, 1.807) is 6.07 Å². The number of halogens is 2. The zero-order chi connectivity index (χ0) is 13.9. The van der Waals surface area contributed by atoms with Crippen LogP contribution in [0.2, 0.25) is 5.15 Å². The highest BCUT2D eigenvalue weighted by Gasteiger charge is 2.11. The molecule has 1 fully saturated rings. The largest absolute Gasteiger partial charge is 0.382 e. The summed E-state index contributed by atoms with van der Waals surface area (Å²) in [7, 11) is 0. The van der Waals surface area contributed by atoms with Gasteiger partial charge in [0.15, 0.2) is 11.0 Å². The summed E-state index contributed by atoms with van der Waals surface area (Å²) in [5.41, 5.74) is 8.89. The van der Waals surface area contributed by atoms with Crippen LogP contribution in [0.25, 0.3) is 11.1 Å². The molecule has 0 saturated carbocycles. The molecule has 5 nitrogen and oxygen atoms in total. The summed E-state index contributed by atoms with van der Waals surface area (Å²) < 4.78 is 0. The first-order valence-corrected chi connectivity index (χ1v) is 6.96. The minimum absolute atomic E-state index is 0. The molecule has 1 aliphatic heterocycles. The van der Waals surface area contributed by atoms with E-state index in [1.165, 1.54) is 5.69 Å². The zero-order valence-corrected chi connectivity index (χ0v) is 13.0. The zero-order valence-electron chi connectivity index (χ0n) is 11.4. The quantitative estimate of drug-likeness (QED) is 0.886. The van der Waals surface area contributed by atoms with Crippen molar-refractivity contribution in [2.24, 2.45) is 0 Å². The molecule has 1 saturated heterocycles. The molecule has 0 amide bonds. The molecule has 112 valence electrons. The van der Waals surface area contributed by atoms with Gasteiger partial charge in [-0.05, 0) is 23.8 Å². The van der Waals surface area contributed by atoms with Gasteiger partial charge in [0, 0.05) is 37.4 Å². The van der Waals surface area contributed by atoms with Crippen LogP contribution >= 0.6 is 24.0 Å². The molecule has 7 heteroatoms. The van der Waals surface area contributed by atoms with E-state index in [0.29, 0.717) is 11.0 Å². The lowest BCUT2D eigenvalue weighted by Gasteiger charge is -2.29. The molecule has 1 aromatic carbocycles. The van der Waals surface area contributed by atoms with E-state index in [4.69, 9.17) is 17.3 Å². The van der Waals surface area contributed by atoms with Gasteiger partial charge in [0.25, 0.3) is 0 Å². The molecule has 3 N–H and O–H groups in total. The second-order valence-corrected chi connectivity index (χ2v) is 5.14. The molecule has 21 heavy (non-hydrogen) atoms. The van der Waals surface area contributed by atoms with Crippen molar-refractivity contribution in [3.63, 3.8) is 0 Å². The van der Waals surface area contributed by atoms with Gasteiger partial charge in [-0.15, -0.1) is 22.6 Å². The Hall–Kier alpha value is -1.56. The second-order valence-electron chi connectivity index (χ2n) is 4.75. The molecule has 3 rings (SSSR count). The summed E-state index contributed by atoms with van der Waals surface area (Å²) in [5, 5.41) is 11.3. The minimum Gasteiger partial charge on any atom is -0.382 e. The molecule has 2 aromatic rings. The first kappa shape index (κ1) is 15.8. The number of hydrogen-bond acceptors (Lipinski definition) is 5. The van der Waals surface area contributed by atoms with Crippen LogP contribution in [0.4, 0.5) is 11.5 Å². The van der Waals surface area contributed by atoms with E-state index in [9.17, 15) is 0 Å². The maximum Gasteiger partial charge on any atom is 0.154 e. The van der Waals surface area contributed by atoms with Crippen LogP contribution in [0.15, 0.2) is 30.3 Å². The maximum absolute atomic E-state index is 5.88. The van der Waals surface area contributed by atoms with E-state index in [1.807, 2.05) is 12.1 Å². The Kier molecular flexibility index (Phi) is 5.22. The second kappa shape index (κ2) is 6.93. The molecular formula is C14H17Cl2N5. The topological polar surface area (TPSA) is 67.1 Å². The number of nitrogen functional groups attached to an aromatic ring is 1. The molecule has 0 spiro atoms. The molecule has 1 aliphatic rings. The lowest BCUT2D eigenvalue weighted by molar-refractivity contribution is 0.589. The van der Waals surface area contributed by atoms with Crippen LogP contribution in [-0.4, -0.2) is 36.4 Å². The predicted octanol–water partition coefficient (Wildman–Crippen LogP) is 2.21. The first-order chi connectivity index (χ1) is 9.74. The Labute approximate surface area is 134 Å². The van der Waals surface area contributed by atoms with Gasteiger partial charge in [0.1, 0.15) is 0 Å². The van der Waals surface area contributed by atoms with Crippen molar-refractivity contribution in [2.45, 2.75) is 0 Å². The molecule has 1 aromatic heterocycles. The normalized spacial score (nSPS) is 14.6. The SMILES string of the molecule is Cl.Nc1nnc(Cl)cc1-c1ccc(N2CCNCC2)cc1. The molecule has 2 heterocycles. The van der Waals surface area contributed by atoms with Crippen molar-refractivity contribution < 1.29 is 0 Å². The van der Waals surface area contributed by atoms with Crippen molar-refractivity contribution in [3.8, 4) is 11.1 Å². The minimum atomic E-state index is 0. The van der Waals surface area contributed by atoms with Gasteiger partial charge >= 0.3 is 0 Å². The predicted molar refractivity (Wildman–Crippen MR) is 89.2 cm³/mol. The van der Waals surface area contributed by atoms with E-state index in [0.717, 1.165) is 37.3 Å².